The van der Waals surface area contributed by atoms with Gasteiger partial charge in [0.25, 0.3) is 0 Å². The topological polar surface area (TPSA) is 72.2 Å². The molecule has 1 aromatic heterocycles. The first kappa shape index (κ1) is 10.6. The molecule has 1 aromatic rings. The molecule has 1 aliphatic rings. The summed E-state index contributed by atoms with van der Waals surface area (Å²) < 4.78 is 24.0. The Hall–Kier alpha value is -0.880. The van der Waals surface area contributed by atoms with Crippen LogP contribution in [0.15, 0.2) is 17.3 Å². The number of sulfone groups is 1. The predicted molar refractivity (Wildman–Crippen MR) is 54.2 cm³/mol. The molecule has 0 spiro atoms. The molecule has 84 valence electrons. The minimum absolute atomic E-state index is 0.0690. The summed E-state index contributed by atoms with van der Waals surface area (Å²) in [6.45, 7) is 0. The highest BCUT2D eigenvalue weighted by Gasteiger charge is 2.27. The molecule has 15 heavy (non-hydrogen) atoms. The second-order valence-corrected chi connectivity index (χ2v) is 6.01. The van der Waals surface area contributed by atoms with Crippen LogP contribution in [-0.4, -0.2) is 35.7 Å². The van der Waals surface area contributed by atoms with Crippen molar-refractivity contribution in [3.63, 3.8) is 0 Å². The van der Waals surface area contributed by atoms with Gasteiger partial charge in [0.05, 0.1) is 18.3 Å². The van der Waals surface area contributed by atoms with E-state index in [4.69, 9.17) is 0 Å². The van der Waals surface area contributed by atoms with Gasteiger partial charge in [-0.05, 0) is 19.3 Å². The van der Waals surface area contributed by atoms with Gasteiger partial charge in [0.2, 0.25) is 0 Å². The molecule has 0 radical (unpaired) electrons. The number of aliphatic hydroxyl groups excluding tert-OH is 1. The minimum Gasteiger partial charge on any atom is -0.391 e. The summed E-state index contributed by atoms with van der Waals surface area (Å²) in [5.74, 6) is 0. The zero-order chi connectivity index (χ0) is 11.1. The fraction of sp³-hybridized carbons (Fsp3) is 0.667. The molecule has 1 N–H and O–H groups in total. The van der Waals surface area contributed by atoms with Gasteiger partial charge in [0.15, 0.2) is 9.84 Å². The summed E-state index contributed by atoms with van der Waals surface area (Å²) in [7, 11) is -3.19. The molecule has 0 aliphatic heterocycles. The summed E-state index contributed by atoms with van der Waals surface area (Å²) in [5, 5.41) is 13.6. The largest absolute Gasteiger partial charge is 0.391 e. The molecule has 1 fully saturated rings. The van der Waals surface area contributed by atoms with E-state index >= 15 is 0 Å². The van der Waals surface area contributed by atoms with Crippen LogP contribution in [0.2, 0.25) is 0 Å². The number of hydrogen-bond acceptors (Lipinski definition) is 4. The number of hydrogen-bond donors (Lipinski definition) is 1. The van der Waals surface area contributed by atoms with E-state index < -0.39 is 15.9 Å². The van der Waals surface area contributed by atoms with Crippen molar-refractivity contribution in [1.82, 2.24) is 9.78 Å². The van der Waals surface area contributed by atoms with E-state index in [1.165, 1.54) is 12.4 Å². The number of rotatable bonds is 2. The lowest BCUT2D eigenvalue weighted by Crippen LogP contribution is -2.18. The molecule has 6 heteroatoms. The molecule has 0 unspecified atom stereocenters. The average Bonchev–Trinajstić information content (AvgIpc) is 2.69. The van der Waals surface area contributed by atoms with Gasteiger partial charge in [-0.3, -0.25) is 4.68 Å². The standard InChI is InChI=1S/C9H14N2O3S/c1-15(13,14)7-5-10-11(6-7)8-3-2-4-9(8)12/h5-6,8-9,12H,2-4H2,1H3/t8-,9-/m0/s1. The van der Waals surface area contributed by atoms with Gasteiger partial charge in [-0.1, -0.05) is 0 Å². The first-order valence-electron chi connectivity index (χ1n) is 4.91. The Morgan fingerprint density at radius 3 is 2.73 bits per heavy atom. The van der Waals surface area contributed by atoms with Crippen LogP contribution < -0.4 is 0 Å². The van der Waals surface area contributed by atoms with E-state index in [0.717, 1.165) is 25.5 Å². The molecule has 0 saturated heterocycles. The highest BCUT2D eigenvalue weighted by molar-refractivity contribution is 7.90. The highest BCUT2D eigenvalue weighted by atomic mass is 32.2. The van der Waals surface area contributed by atoms with E-state index in [9.17, 15) is 13.5 Å². The third-order valence-electron chi connectivity index (χ3n) is 2.79. The Balaban J connectivity index is 2.28. The number of aromatic nitrogens is 2. The summed E-state index contributed by atoms with van der Waals surface area (Å²) in [5.41, 5.74) is 0. The van der Waals surface area contributed by atoms with Crippen LogP contribution in [-0.2, 0) is 9.84 Å². The quantitative estimate of drug-likeness (QED) is 0.797. The van der Waals surface area contributed by atoms with Crippen LogP contribution >= 0.6 is 0 Å². The third-order valence-corrected chi connectivity index (χ3v) is 3.86. The van der Waals surface area contributed by atoms with Gasteiger partial charge < -0.3 is 5.11 Å². The van der Waals surface area contributed by atoms with Crippen LogP contribution in [0, 0.1) is 0 Å². The lowest BCUT2D eigenvalue weighted by Gasteiger charge is -2.14. The first-order valence-corrected chi connectivity index (χ1v) is 6.80. The molecule has 0 bridgehead atoms. The molecule has 1 saturated carbocycles. The molecular formula is C9H14N2O3S. The van der Waals surface area contributed by atoms with Crippen LogP contribution in [0.25, 0.3) is 0 Å². The SMILES string of the molecule is CS(=O)(=O)c1cnn([C@H]2CCC[C@@H]2O)c1. The van der Waals surface area contributed by atoms with Crippen molar-refractivity contribution in [2.45, 2.75) is 36.3 Å². The lowest BCUT2D eigenvalue weighted by molar-refractivity contribution is 0.130. The van der Waals surface area contributed by atoms with Gasteiger partial charge in [0.1, 0.15) is 4.90 Å². The van der Waals surface area contributed by atoms with E-state index in [1.54, 1.807) is 4.68 Å². The van der Waals surface area contributed by atoms with Crippen molar-refractivity contribution in [3.05, 3.63) is 12.4 Å². The monoisotopic (exact) mass is 230 g/mol. The number of aliphatic hydroxyl groups is 1. The van der Waals surface area contributed by atoms with Crippen LogP contribution in [0.1, 0.15) is 25.3 Å². The second kappa shape index (κ2) is 3.61. The van der Waals surface area contributed by atoms with Crippen molar-refractivity contribution in [2.75, 3.05) is 6.26 Å². The lowest BCUT2D eigenvalue weighted by atomic mass is 10.2. The molecule has 2 atom stereocenters. The average molecular weight is 230 g/mol. The maximum atomic E-state index is 11.2. The molecule has 5 nitrogen and oxygen atoms in total. The minimum atomic E-state index is -3.19. The van der Waals surface area contributed by atoms with Crippen molar-refractivity contribution in [3.8, 4) is 0 Å². The normalized spacial score (nSPS) is 27.1. The highest BCUT2D eigenvalue weighted by Crippen LogP contribution is 2.29. The van der Waals surface area contributed by atoms with Gasteiger partial charge >= 0.3 is 0 Å². The zero-order valence-corrected chi connectivity index (χ0v) is 9.31. The molecule has 1 heterocycles. The van der Waals surface area contributed by atoms with Crippen molar-refractivity contribution in [2.24, 2.45) is 0 Å². The Morgan fingerprint density at radius 1 is 1.53 bits per heavy atom. The molecular weight excluding hydrogens is 216 g/mol. The first-order chi connectivity index (χ1) is 6.98. The van der Waals surface area contributed by atoms with E-state index in [1.807, 2.05) is 0 Å². The maximum absolute atomic E-state index is 11.2. The Kier molecular flexibility index (Phi) is 2.56. The molecule has 0 amide bonds. The predicted octanol–water partition coefficient (Wildman–Crippen LogP) is 0.373. The van der Waals surface area contributed by atoms with Gasteiger partial charge in [0, 0.05) is 12.5 Å². The fourth-order valence-electron chi connectivity index (χ4n) is 1.92. The van der Waals surface area contributed by atoms with Crippen LogP contribution in [0.3, 0.4) is 0 Å². The Bertz CT molecular complexity index is 452. The number of nitrogens with zero attached hydrogens (tertiary/aromatic N) is 2. The van der Waals surface area contributed by atoms with Crippen molar-refractivity contribution in [1.29, 1.82) is 0 Å². The Morgan fingerprint density at radius 2 is 2.27 bits per heavy atom. The van der Waals surface area contributed by atoms with E-state index in [-0.39, 0.29) is 10.9 Å². The van der Waals surface area contributed by atoms with Gasteiger partial charge in [-0.2, -0.15) is 5.10 Å². The summed E-state index contributed by atoms with van der Waals surface area (Å²) in [4.78, 5) is 0.210. The van der Waals surface area contributed by atoms with Crippen molar-refractivity contribution < 1.29 is 13.5 Å². The molecule has 2 rings (SSSR count). The fourth-order valence-corrected chi connectivity index (χ4v) is 2.46. The summed E-state index contributed by atoms with van der Waals surface area (Å²) in [6, 6.07) is -0.0690. The summed E-state index contributed by atoms with van der Waals surface area (Å²) >= 11 is 0. The molecule has 1 aliphatic carbocycles. The van der Waals surface area contributed by atoms with Gasteiger partial charge in [-0.25, -0.2) is 8.42 Å². The van der Waals surface area contributed by atoms with Crippen molar-refractivity contribution >= 4 is 9.84 Å². The maximum Gasteiger partial charge on any atom is 0.178 e. The van der Waals surface area contributed by atoms with Crippen LogP contribution in [0.4, 0.5) is 0 Å². The van der Waals surface area contributed by atoms with Gasteiger partial charge in [-0.15, -0.1) is 0 Å². The zero-order valence-electron chi connectivity index (χ0n) is 8.50. The third kappa shape index (κ3) is 2.05. The second-order valence-electron chi connectivity index (χ2n) is 3.99. The Labute approximate surface area is 88.6 Å². The van der Waals surface area contributed by atoms with Crippen LogP contribution in [0.5, 0.6) is 0 Å². The smallest absolute Gasteiger partial charge is 0.178 e. The summed E-state index contributed by atoms with van der Waals surface area (Å²) in [6.07, 6.45) is 6.15. The van der Waals surface area contributed by atoms with E-state index in [0.29, 0.717) is 0 Å². The molecule has 0 aromatic carbocycles. The van der Waals surface area contributed by atoms with E-state index in [2.05, 4.69) is 5.10 Å².